The number of fused-ring (bicyclic) bond motifs is 1. The van der Waals surface area contributed by atoms with Crippen LogP contribution in [-0.4, -0.2) is 16.2 Å². The molecule has 1 aliphatic rings. The van der Waals surface area contributed by atoms with Gasteiger partial charge in [0.05, 0.1) is 17.6 Å². The Morgan fingerprint density at radius 3 is 2.83 bits per heavy atom. The highest BCUT2D eigenvalue weighted by Gasteiger charge is 2.24. The number of aromatic nitrogens is 2. The lowest BCUT2D eigenvalue weighted by Crippen LogP contribution is -2.10. The van der Waals surface area contributed by atoms with Gasteiger partial charge in [-0.3, -0.25) is 0 Å². The van der Waals surface area contributed by atoms with Crippen molar-refractivity contribution in [2.75, 3.05) is 6.61 Å². The Balaban J connectivity index is 1.82. The molecule has 23 heavy (non-hydrogen) atoms. The molecule has 118 valence electrons. The summed E-state index contributed by atoms with van der Waals surface area (Å²) in [5, 5.41) is 1.32. The summed E-state index contributed by atoms with van der Waals surface area (Å²) in [4.78, 5) is 4.81. The van der Waals surface area contributed by atoms with Crippen LogP contribution < -0.4 is 0 Å². The van der Waals surface area contributed by atoms with Gasteiger partial charge in [0.2, 0.25) is 0 Å². The van der Waals surface area contributed by atoms with Gasteiger partial charge in [0.25, 0.3) is 0 Å². The first-order valence-electron chi connectivity index (χ1n) is 7.73. The van der Waals surface area contributed by atoms with Crippen LogP contribution in [0.15, 0.2) is 42.5 Å². The van der Waals surface area contributed by atoms with E-state index in [1.54, 1.807) is 6.07 Å². The highest BCUT2D eigenvalue weighted by Crippen LogP contribution is 2.32. The Labute approximate surface area is 144 Å². The van der Waals surface area contributed by atoms with Gasteiger partial charge in [-0.1, -0.05) is 41.4 Å². The highest BCUT2D eigenvalue weighted by atomic mass is 35.5. The summed E-state index contributed by atoms with van der Waals surface area (Å²) in [6, 6.07) is 13.8. The average Bonchev–Trinajstić information content (AvgIpc) is 3.18. The zero-order valence-corrected chi connectivity index (χ0v) is 14.0. The van der Waals surface area contributed by atoms with Gasteiger partial charge in [0.15, 0.2) is 0 Å². The summed E-state index contributed by atoms with van der Waals surface area (Å²) in [5.41, 5.74) is 3.12. The van der Waals surface area contributed by atoms with E-state index in [2.05, 4.69) is 10.6 Å². The Morgan fingerprint density at radius 1 is 1.17 bits per heavy atom. The molecule has 5 heteroatoms. The summed E-state index contributed by atoms with van der Waals surface area (Å²) < 4.78 is 8.07. The Morgan fingerprint density at radius 2 is 2.04 bits per heavy atom. The van der Waals surface area contributed by atoms with Crippen LogP contribution in [0.1, 0.15) is 30.3 Å². The van der Waals surface area contributed by atoms with Crippen molar-refractivity contribution in [1.29, 1.82) is 0 Å². The molecule has 3 aromatic rings. The molecule has 1 aromatic heterocycles. The largest absolute Gasteiger partial charge is 0.370 e. The summed E-state index contributed by atoms with van der Waals surface area (Å²) in [5.74, 6) is 0.981. The van der Waals surface area contributed by atoms with E-state index < -0.39 is 0 Å². The van der Waals surface area contributed by atoms with Crippen molar-refractivity contribution in [3.8, 4) is 0 Å². The van der Waals surface area contributed by atoms with Gasteiger partial charge < -0.3 is 9.30 Å². The number of hydrogen-bond donors (Lipinski definition) is 0. The van der Waals surface area contributed by atoms with Crippen molar-refractivity contribution in [2.45, 2.75) is 25.5 Å². The average molecular weight is 347 g/mol. The molecule has 2 heterocycles. The van der Waals surface area contributed by atoms with E-state index in [1.807, 2.05) is 30.3 Å². The standard InChI is InChI=1S/C18H16Cl2N2O/c19-13-8-7-12(14(20)10-13)11-22-16-5-2-1-4-15(16)21-18(22)17-6-3-9-23-17/h1-2,4-5,7-8,10,17H,3,6,9,11H2. The van der Waals surface area contributed by atoms with Gasteiger partial charge in [-0.2, -0.15) is 0 Å². The molecule has 0 bridgehead atoms. The van der Waals surface area contributed by atoms with E-state index in [0.717, 1.165) is 41.9 Å². The molecule has 3 nitrogen and oxygen atoms in total. The first-order chi connectivity index (χ1) is 11.2. The molecule has 1 aliphatic heterocycles. The normalized spacial score (nSPS) is 17.9. The minimum atomic E-state index is 0.0634. The van der Waals surface area contributed by atoms with Gasteiger partial charge in [-0.15, -0.1) is 0 Å². The molecule has 0 aliphatic carbocycles. The Bertz CT molecular complexity index is 853. The van der Waals surface area contributed by atoms with E-state index in [0.29, 0.717) is 16.6 Å². The molecule has 0 spiro atoms. The van der Waals surface area contributed by atoms with Crippen molar-refractivity contribution in [3.63, 3.8) is 0 Å². The minimum Gasteiger partial charge on any atom is -0.370 e. The van der Waals surface area contributed by atoms with Gasteiger partial charge in [0, 0.05) is 16.7 Å². The fourth-order valence-corrected chi connectivity index (χ4v) is 3.58. The van der Waals surface area contributed by atoms with Crippen molar-refractivity contribution in [2.24, 2.45) is 0 Å². The Hall–Kier alpha value is -1.55. The molecule has 0 saturated carbocycles. The zero-order chi connectivity index (χ0) is 15.8. The van der Waals surface area contributed by atoms with Crippen molar-refractivity contribution in [1.82, 2.24) is 9.55 Å². The van der Waals surface area contributed by atoms with Gasteiger partial charge in [0.1, 0.15) is 11.9 Å². The zero-order valence-electron chi connectivity index (χ0n) is 12.5. The molecular weight excluding hydrogens is 331 g/mol. The second kappa shape index (κ2) is 6.16. The van der Waals surface area contributed by atoms with E-state index >= 15 is 0 Å². The second-order valence-electron chi connectivity index (χ2n) is 5.78. The lowest BCUT2D eigenvalue weighted by atomic mass is 10.2. The fourth-order valence-electron chi connectivity index (χ4n) is 3.11. The van der Waals surface area contributed by atoms with E-state index in [4.69, 9.17) is 32.9 Å². The number of para-hydroxylation sites is 2. The number of imidazole rings is 1. The number of rotatable bonds is 3. The van der Waals surface area contributed by atoms with Gasteiger partial charge in [-0.25, -0.2) is 4.98 Å². The van der Waals surface area contributed by atoms with E-state index in [-0.39, 0.29) is 6.10 Å². The SMILES string of the molecule is Clc1ccc(Cn2c(C3CCCO3)nc3ccccc32)c(Cl)c1. The van der Waals surface area contributed by atoms with E-state index in [9.17, 15) is 0 Å². The van der Waals surface area contributed by atoms with Crippen LogP contribution in [-0.2, 0) is 11.3 Å². The first kappa shape index (κ1) is 15.0. The van der Waals surface area contributed by atoms with Crippen molar-refractivity contribution >= 4 is 34.2 Å². The van der Waals surface area contributed by atoms with Crippen LogP contribution >= 0.6 is 23.2 Å². The van der Waals surface area contributed by atoms with Crippen LogP contribution in [0.5, 0.6) is 0 Å². The third kappa shape index (κ3) is 2.85. The number of hydrogen-bond acceptors (Lipinski definition) is 2. The summed E-state index contributed by atoms with van der Waals surface area (Å²) in [6.07, 6.45) is 2.15. The first-order valence-corrected chi connectivity index (χ1v) is 8.48. The number of nitrogens with zero attached hydrogens (tertiary/aromatic N) is 2. The molecule has 2 aromatic carbocycles. The quantitative estimate of drug-likeness (QED) is 0.648. The Kier molecular flexibility index (Phi) is 4.02. The minimum absolute atomic E-state index is 0.0634. The molecule has 1 atom stereocenters. The van der Waals surface area contributed by atoms with Crippen LogP contribution in [0.4, 0.5) is 0 Å². The summed E-state index contributed by atoms with van der Waals surface area (Å²) in [7, 11) is 0. The summed E-state index contributed by atoms with van der Waals surface area (Å²) in [6.45, 7) is 1.46. The van der Waals surface area contributed by atoms with Crippen LogP contribution in [0, 0.1) is 0 Å². The molecule has 4 rings (SSSR count). The third-order valence-corrected chi connectivity index (χ3v) is 4.83. The topological polar surface area (TPSA) is 27.1 Å². The summed E-state index contributed by atoms with van der Waals surface area (Å²) >= 11 is 12.4. The maximum atomic E-state index is 6.36. The predicted octanol–water partition coefficient (Wildman–Crippen LogP) is 5.24. The van der Waals surface area contributed by atoms with Crippen molar-refractivity contribution in [3.05, 3.63) is 63.9 Å². The lowest BCUT2D eigenvalue weighted by Gasteiger charge is -2.14. The van der Waals surface area contributed by atoms with Crippen LogP contribution in [0.2, 0.25) is 10.0 Å². The third-order valence-electron chi connectivity index (χ3n) is 4.25. The maximum Gasteiger partial charge on any atom is 0.139 e. The second-order valence-corrected chi connectivity index (χ2v) is 6.63. The highest BCUT2D eigenvalue weighted by molar-refractivity contribution is 6.35. The molecule has 0 N–H and O–H groups in total. The number of halogens is 2. The molecule has 1 saturated heterocycles. The number of benzene rings is 2. The monoisotopic (exact) mass is 346 g/mol. The molecule has 0 amide bonds. The van der Waals surface area contributed by atoms with Gasteiger partial charge >= 0.3 is 0 Å². The molecule has 1 fully saturated rings. The fraction of sp³-hybridized carbons (Fsp3) is 0.278. The molecule has 0 radical (unpaired) electrons. The van der Waals surface area contributed by atoms with Crippen LogP contribution in [0.3, 0.4) is 0 Å². The molecule has 1 unspecified atom stereocenters. The van der Waals surface area contributed by atoms with Gasteiger partial charge in [-0.05, 0) is 42.7 Å². The van der Waals surface area contributed by atoms with Crippen molar-refractivity contribution < 1.29 is 4.74 Å². The maximum absolute atomic E-state index is 6.36. The predicted molar refractivity (Wildman–Crippen MR) is 93.2 cm³/mol. The van der Waals surface area contributed by atoms with Crippen LogP contribution in [0.25, 0.3) is 11.0 Å². The lowest BCUT2D eigenvalue weighted by molar-refractivity contribution is 0.103. The smallest absolute Gasteiger partial charge is 0.139 e. The molecular formula is C18H16Cl2N2O. The number of ether oxygens (including phenoxy) is 1. The van der Waals surface area contributed by atoms with E-state index in [1.165, 1.54) is 0 Å².